The standard InChI is InChI=1S/C58H103O11P/c1-4-7-10-13-16-19-22-24-26-27-29-31-34-37-40-43-46-49-58(62)69-55(51-65-56(60)47-44-41-38-35-33-30-28-25-23-20-17-14-11-8-5-2)53-67-70(63,64)66-52-54(50-59)68-57(61)48-45-42-39-36-32-21-18-15-12-9-6-3/h8,11,15,17-18,20,24-26,28,54-55,59H,4-7,9-10,12-14,16,19,21-23,27,29-53H2,1-3H3,(H,63,64)/b11-8-,18-15-,20-17-,26-24-,28-25-. The highest BCUT2D eigenvalue weighted by atomic mass is 31.2. The van der Waals surface area contributed by atoms with Crippen LogP contribution >= 0.6 is 7.82 Å². The third-order valence-electron chi connectivity index (χ3n) is 11.9. The molecule has 0 spiro atoms. The monoisotopic (exact) mass is 1010 g/mol. The van der Waals surface area contributed by atoms with Gasteiger partial charge in [0.25, 0.3) is 0 Å². The fraction of sp³-hybridized carbons (Fsp3) is 0.776. The maximum absolute atomic E-state index is 12.9. The molecule has 406 valence electrons. The van der Waals surface area contributed by atoms with E-state index < -0.39 is 57.8 Å². The van der Waals surface area contributed by atoms with Gasteiger partial charge in [0.1, 0.15) is 12.7 Å². The van der Waals surface area contributed by atoms with E-state index in [0.29, 0.717) is 19.3 Å². The van der Waals surface area contributed by atoms with Gasteiger partial charge < -0.3 is 24.2 Å². The molecule has 70 heavy (non-hydrogen) atoms. The minimum atomic E-state index is -4.75. The summed E-state index contributed by atoms with van der Waals surface area (Å²) in [6, 6.07) is 0. The number of hydrogen-bond donors (Lipinski definition) is 2. The number of carbonyl (C=O) groups excluding carboxylic acids is 3. The molecule has 0 fully saturated rings. The van der Waals surface area contributed by atoms with Crippen LogP contribution in [0.2, 0.25) is 0 Å². The highest BCUT2D eigenvalue weighted by Crippen LogP contribution is 2.43. The van der Waals surface area contributed by atoms with Crippen LogP contribution in [-0.2, 0) is 42.2 Å². The summed E-state index contributed by atoms with van der Waals surface area (Å²) in [7, 11) is -4.75. The van der Waals surface area contributed by atoms with Crippen molar-refractivity contribution in [3.05, 3.63) is 60.8 Å². The Morgan fingerprint density at radius 1 is 0.414 bits per heavy atom. The normalized spacial score (nSPS) is 13.8. The predicted molar refractivity (Wildman–Crippen MR) is 288 cm³/mol. The van der Waals surface area contributed by atoms with Crippen LogP contribution in [-0.4, -0.2) is 66.5 Å². The molecule has 11 nitrogen and oxygen atoms in total. The largest absolute Gasteiger partial charge is 0.472 e. The molecule has 0 amide bonds. The summed E-state index contributed by atoms with van der Waals surface area (Å²) in [6.45, 7) is 4.46. The number of hydrogen-bond acceptors (Lipinski definition) is 10. The zero-order valence-corrected chi connectivity index (χ0v) is 45.6. The fourth-order valence-electron chi connectivity index (χ4n) is 7.58. The molecular weight excluding hydrogens is 904 g/mol. The summed E-state index contributed by atoms with van der Waals surface area (Å²) in [5, 5.41) is 9.78. The molecule has 0 saturated heterocycles. The zero-order valence-electron chi connectivity index (χ0n) is 44.7. The SMILES string of the molecule is CC/C=C\C/C=C\C/C=C\CCCCCCCC(=O)OCC(COP(=O)(O)OCC(CO)OC(=O)CCCCCCC/C=C\CCCC)OC(=O)CCCCCCCCC/C=C\CCCCCCCC. The minimum absolute atomic E-state index is 0.158. The first-order valence-corrected chi connectivity index (χ1v) is 29.7. The Hall–Kier alpha value is -2.82. The van der Waals surface area contributed by atoms with Crippen molar-refractivity contribution in [3.8, 4) is 0 Å². The topological polar surface area (TPSA) is 155 Å². The summed E-state index contributed by atoms with van der Waals surface area (Å²) in [6.07, 6.45) is 56.1. The van der Waals surface area contributed by atoms with Gasteiger partial charge in [0.15, 0.2) is 6.10 Å². The number of esters is 3. The number of phosphoric acid groups is 1. The molecule has 0 aromatic rings. The number of aliphatic hydroxyl groups excluding tert-OH is 1. The third-order valence-corrected chi connectivity index (χ3v) is 12.8. The maximum atomic E-state index is 12.9. The van der Waals surface area contributed by atoms with Gasteiger partial charge in [-0.05, 0) is 96.3 Å². The van der Waals surface area contributed by atoms with E-state index in [4.69, 9.17) is 23.3 Å². The van der Waals surface area contributed by atoms with Crippen molar-refractivity contribution in [1.82, 2.24) is 0 Å². The van der Waals surface area contributed by atoms with Crippen molar-refractivity contribution < 1.29 is 52.2 Å². The second-order valence-electron chi connectivity index (χ2n) is 18.7. The van der Waals surface area contributed by atoms with Crippen molar-refractivity contribution in [2.75, 3.05) is 26.4 Å². The highest BCUT2D eigenvalue weighted by molar-refractivity contribution is 7.47. The maximum Gasteiger partial charge on any atom is 0.472 e. The number of rotatable bonds is 52. The van der Waals surface area contributed by atoms with Gasteiger partial charge in [0, 0.05) is 19.3 Å². The average molecular weight is 1010 g/mol. The van der Waals surface area contributed by atoms with Crippen molar-refractivity contribution in [3.63, 3.8) is 0 Å². The molecule has 0 aromatic carbocycles. The predicted octanol–water partition coefficient (Wildman–Crippen LogP) is 16.4. The van der Waals surface area contributed by atoms with Gasteiger partial charge in [0.05, 0.1) is 19.8 Å². The van der Waals surface area contributed by atoms with E-state index >= 15 is 0 Å². The first kappa shape index (κ1) is 67.2. The van der Waals surface area contributed by atoms with Gasteiger partial charge in [-0.3, -0.25) is 23.4 Å². The van der Waals surface area contributed by atoms with Gasteiger partial charge in [-0.25, -0.2) is 4.57 Å². The molecule has 0 aliphatic heterocycles. The van der Waals surface area contributed by atoms with Crippen LogP contribution in [0.5, 0.6) is 0 Å². The van der Waals surface area contributed by atoms with Crippen LogP contribution in [0.4, 0.5) is 0 Å². The Bertz CT molecular complexity index is 1410. The molecule has 3 unspecified atom stereocenters. The molecule has 0 aliphatic rings. The summed E-state index contributed by atoms with van der Waals surface area (Å²) < 4.78 is 39.4. The van der Waals surface area contributed by atoms with E-state index in [1.165, 1.54) is 70.6 Å². The summed E-state index contributed by atoms with van der Waals surface area (Å²) in [5.74, 6) is -1.49. The molecule has 12 heteroatoms. The Kier molecular flexibility index (Phi) is 50.4. The van der Waals surface area contributed by atoms with Crippen LogP contribution in [0, 0.1) is 0 Å². The Morgan fingerprint density at radius 3 is 1.20 bits per heavy atom. The van der Waals surface area contributed by atoms with Gasteiger partial charge in [0.2, 0.25) is 0 Å². The average Bonchev–Trinajstić information content (AvgIpc) is 3.35. The van der Waals surface area contributed by atoms with Crippen LogP contribution in [0.1, 0.15) is 252 Å². The van der Waals surface area contributed by atoms with E-state index in [0.717, 1.165) is 122 Å². The van der Waals surface area contributed by atoms with Crippen molar-refractivity contribution >= 4 is 25.7 Å². The van der Waals surface area contributed by atoms with E-state index in [2.05, 4.69) is 81.5 Å². The van der Waals surface area contributed by atoms with E-state index in [1.54, 1.807) is 0 Å². The first-order valence-electron chi connectivity index (χ1n) is 28.2. The van der Waals surface area contributed by atoms with Gasteiger partial charge >= 0.3 is 25.7 Å². The van der Waals surface area contributed by atoms with E-state index in [9.17, 15) is 28.9 Å². The lowest BCUT2D eigenvalue weighted by Crippen LogP contribution is -2.30. The number of phosphoric ester groups is 1. The minimum Gasteiger partial charge on any atom is -0.462 e. The Balaban J connectivity index is 4.76. The van der Waals surface area contributed by atoms with Crippen LogP contribution < -0.4 is 0 Å². The van der Waals surface area contributed by atoms with Gasteiger partial charge in [-0.2, -0.15) is 0 Å². The smallest absolute Gasteiger partial charge is 0.462 e. The lowest BCUT2D eigenvalue weighted by atomic mass is 10.1. The second kappa shape index (κ2) is 52.5. The number of carbonyl (C=O) groups is 3. The van der Waals surface area contributed by atoms with Crippen molar-refractivity contribution in [1.29, 1.82) is 0 Å². The number of unbranched alkanes of at least 4 members (excludes halogenated alkanes) is 25. The number of aliphatic hydroxyl groups is 1. The van der Waals surface area contributed by atoms with Crippen molar-refractivity contribution in [2.24, 2.45) is 0 Å². The van der Waals surface area contributed by atoms with E-state index in [1.807, 2.05) is 0 Å². The summed E-state index contributed by atoms with van der Waals surface area (Å²) in [5.41, 5.74) is 0. The van der Waals surface area contributed by atoms with Crippen molar-refractivity contribution in [2.45, 2.75) is 264 Å². The Labute approximate surface area is 427 Å². The molecule has 0 rings (SSSR count). The molecule has 0 bridgehead atoms. The lowest BCUT2D eigenvalue weighted by molar-refractivity contribution is -0.161. The number of allylic oxidation sites excluding steroid dienone is 10. The zero-order chi connectivity index (χ0) is 51.3. The summed E-state index contributed by atoms with van der Waals surface area (Å²) in [4.78, 5) is 48.4. The quantitative estimate of drug-likeness (QED) is 0.0197. The molecule has 0 radical (unpaired) electrons. The second-order valence-corrected chi connectivity index (χ2v) is 20.2. The molecule has 0 aliphatic carbocycles. The Morgan fingerprint density at radius 2 is 0.757 bits per heavy atom. The molecule has 2 N–H and O–H groups in total. The molecule has 0 saturated carbocycles. The van der Waals surface area contributed by atoms with Crippen LogP contribution in [0.15, 0.2) is 60.8 Å². The molecule has 0 aromatic heterocycles. The highest BCUT2D eigenvalue weighted by Gasteiger charge is 2.28. The number of ether oxygens (including phenoxy) is 3. The van der Waals surface area contributed by atoms with Crippen LogP contribution in [0.25, 0.3) is 0 Å². The lowest BCUT2D eigenvalue weighted by Gasteiger charge is -2.21. The van der Waals surface area contributed by atoms with E-state index in [-0.39, 0.29) is 25.9 Å². The van der Waals surface area contributed by atoms with Gasteiger partial charge in [-0.1, -0.05) is 197 Å². The first-order chi connectivity index (χ1) is 34.2. The van der Waals surface area contributed by atoms with Crippen LogP contribution in [0.3, 0.4) is 0 Å². The third kappa shape index (κ3) is 50.1. The molecule has 3 atom stereocenters. The molecule has 0 heterocycles. The fourth-order valence-corrected chi connectivity index (χ4v) is 8.37. The molecular formula is C58H103O11P. The van der Waals surface area contributed by atoms with Gasteiger partial charge in [-0.15, -0.1) is 0 Å². The summed E-state index contributed by atoms with van der Waals surface area (Å²) >= 11 is 0.